The Morgan fingerprint density at radius 1 is 1.06 bits per heavy atom. The monoisotopic (exact) mass is 246 g/mol. The summed E-state index contributed by atoms with van der Waals surface area (Å²) in [5, 5.41) is 18.9. The van der Waals surface area contributed by atoms with Gasteiger partial charge in [-0.15, -0.1) is 0 Å². The smallest absolute Gasteiger partial charge is 0.310 e. The molecular formula is C13H14N2O3. The number of aromatic hydroxyl groups is 1. The van der Waals surface area contributed by atoms with Gasteiger partial charge in [0, 0.05) is 12.6 Å². The highest BCUT2D eigenvalue weighted by molar-refractivity contribution is 5.44. The van der Waals surface area contributed by atoms with E-state index >= 15 is 0 Å². The zero-order valence-electron chi connectivity index (χ0n) is 9.69. The Labute approximate surface area is 105 Å². The molecule has 0 aromatic heterocycles. The van der Waals surface area contributed by atoms with Crippen LogP contribution in [-0.4, -0.2) is 10.0 Å². The van der Waals surface area contributed by atoms with Crippen LogP contribution in [0, 0.1) is 10.1 Å². The molecule has 0 radical (unpaired) electrons. The lowest BCUT2D eigenvalue weighted by Crippen LogP contribution is -1.94. The molecule has 0 atom stereocenters. The van der Waals surface area contributed by atoms with Crippen LogP contribution in [0.5, 0.6) is 5.75 Å². The Morgan fingerprint density at radius 2 is 1.61 bits per heavy atom. The Kier molecular flexibility index (Phi) is 5.34. The molecule has 0 unspecified atom stereocenters. The fourth-order valence-electron chi connectivity index (χ4n) is 1.23. The van der Waals surface area contributed by atoms with Crippen molar-refractivity contribution in [1.29, 1.82) is 0 Å². The van der Waals surface area contributed by atoms with Gasteiger partial charge in [0.05, 0.1) is 4.92 Å². The Morgan fingerprint density at radius 3 is 2.00 bits per heavy atom. The molecule has 2 rings (SSSR count). The van der Waals surface area contributed by atoms with Crippen molar-refractivity contribution in [2.75, 3.05) is 0 Å². The number of phenolic OH excluding ortho intramolecular Hbond substituents is 1. The molecule has 0 amide bonds. The van der Waals surface area contributed by atoms with Crippen molar-refractivity contribution in [3.05, 3.63) is 70.3 Å². The molecule has 2 aromatic rings. The summed E-state index contributed by atoms with van der Waals surface area (Å²) in [6, 6.07) is 15.5. The van der Waals surface area contributed by atoms with Gasteiger partial charge in [-0.25, -0.2) is 0 Å². The lowest BCUT2D eigenvalue weighted by Gasteiger charge is -1.91. The van der Waals surface area contributed by atoms with E-state index < -0.39 is 4.92 Å². The van der Waals surface area contributed by atoms with E-state index in [0.717, 1.165) is 0 Å². The van der Waals surface area contributed by atoms with Crippen LogP contribution in [0.25, 0.3) is 0 Å². The molecule has 18 heavy (non-hydrogen) atoms. The van der Waals surface area contributed by atoms with Gasteiger partial charge in [0.25, 0.3) is 0 Å². The Balaban J connectivity index is 0.000000184. The van der Waals surface area contributed by atoms with E-state index in [1.807, 2.05) is 30.3 Å². The summed E-state index contributed by atoms with van der Waals surface area (Å²) in [4.78, 5) is 9.44. The molecule has 5 nitrogen and oxygen atoms in total. The van der Waals surface area contributed by atoms with Crippen molar-refractivity contribution in [3.8, 4) is 5.75 Å². The number of rotatable bonds is 2. The number of nitrogens with two attached hydrogens (primary N) is 1. The number of benzene rings is 2. The van der Waals surface area contributed by atoms with Gasteiger partial charge in [0.2, 0.25) is 0 Å². The van der Waals surface area contributed by atoms with E-state index in [9.17, 15) is 10.1 Å². The second-order valence-electron chi connectivity index (χ2n) is 3.44. The summed E-state index contributed by atoms with van der Waals surface area (Å²) in [6.45, 7) is 0.640. The molecule has 0 bridgehead atoms. The minimum atomic E-state index is -0.630. The number of nitro benzene ring substituents is 1. The van der Waals surface area contributed by atoms with Crippen LogP contribution in [-0.2, 0) is 6.54 Å². The van der Waals surface area contributed by atoms with Gasteiger partial charge >= 0.3 is 5.69 Å². The van der Waals surface area contributed by atoms with Crippen LogP contribution < -0.4 is 5.73 Å². The standard InChI is InChI=1S/C7H9N.C6H5NO3/c8-6-7-4-2-1-3-5-7;8-6-4-2-1-3-5(6)7(9)10/h1-5H,6,8H2;1-4,8H. The van der Waals surface area contributed by atoms with Crippen LogP contribution in [0.1, 0.15) is 5.56 Å². The fraction of sp³-hybridized carbons (Fsp3) is 0.0769. The first-order chi connectivity index (χ1) is 8.65. The van der Waals surface area contributed by atoms with E-state index in [4.69, 9.17) is 10.8 Å². The third-order valence-electron chi connectivity index (χ3n) is 2.16. The lowest BCUT2D eigenvalue weighted by molar-refractivity contribution is -0.385. The minimum Gasteiger partial charge on any atom is -0.502 e. The van der Waals surface area contributed by atoms with E-state index in [0.29, 0.717) is 6.54 Å². The zero-order chi connectivity index (χ0) is 13.4. The van der Waals surface area contributed by atoms with Gasteiger partial charge in [-0.3, -0.25) is 10.1 Å². The molecule has 0 saturated heterocycles. The number of hydrogen-bond donors (Lipinski definition) is 2. The quantitative estimate of drug-likeness (QED) is 0.629. The van der Waals surface area contributed by atoms with E-state index in [1.54, 1.807) is 0 Å². The largest absolute Gasteiger partial charge is 0.502 e. The SMILES string of the molecule is NCc1ccccc1.O=[N+]([O-])c1ccccc1O. The van der Waals surface area contributed by atoms with Crippen LogP contribution in [0.4, 0.5) is 5.69 Å². The maximum atomic E-state index is 10.1. The van der Waals surface area contributed by atoms with E-state index in [1.165, 1.54) is 29.8 Å². The number of nitrogens with zero attached hydrogens (tertiary/aromatic N) is 1. The molecule has 0 aliphatic heterocycles. The van der Waals surface area contributed by atoms with Gasteiger partial charge in [-0.05, 0) is 11.6 Å². The molecule has 5 heteroatoms. The van der Waals surface area contributed by atoms with Gasteiger partial charge in [0.15, 0.2) is 5.75 Å². The van der Waals surface area contributed by atoms with Crippen molar-refractivity contribution in [1.82, 2.24) is 0 Å². The normalized spacial score (nSPS) is 9.17. The second-order valence-corrected chi connectivity index (χ2v) is 3.44. The number of nitro groups is 1. The molecule has 0 spiro atoms. The molecule has 0 heterocycles. The van der Waals surface area contributed by atoms with E-state index in [2.05, 4.69) is 0 Å². The third kappa shape index (κ3) is 4.23. The third-order valence-corrected chi connectivity index (χ3v) is 2.16. The first-order valence-corrected chi connectivity index (χ1v) is 5.31. The van der Waals surface area contributed by atoms with Crippen molar-refractivity contribution < 1.29 is 10.0 Å². The highest BCUT2D eigenvalue weighted by Gasteiger charge is 2.09. The number of para-hydroxylation sites is 2. The molecule has 0 aliphatic carbocycles. The van der Waals surface area contributed by atoms with Crippen LogP contribution in [0.15, 0.2) is 54.6 Å². The molecule has 0 aliphatic rings. The fourth-order valence-corrected chi connectivity index (χ4v) is 1.23. The summed E-state index contributed by atoms with van der Waals surface area (Å²) in [5.74, 6) is -0.299. The highest BCUT2D eigenvalue weighted by Crippen LogP contribution is 2.23. The van der Waals surface area contributed by atoms with Crippen molar-refractivity contribution >= 4 is 5.69 Å². The van der Waals surface area contributed by atoms with Crippen LogP contribution in [0.2, 0.25) is 0 Å². The Hall–Kier alpha value is -2.40. The summed E-state index contributed by atoms with van der Waals surface area (Å²) in [7, 11) is 0. The molecule has 0 saturated carbocycles. The predicted molar refractivity (Wildman–Crippen MR) is 69.1 cm³/mol. The second kappa shape index (κ2) is 7.03. The van der Waals surface area contributed by atoms with Gasteiger partial charge in [-0.1, -0.05) is 42.5 Å². The topological polar surface area (TPSA) is 89.4 Å². The predicted octanol–water partition coefficient (Wildman–Crippen LogP) is 2.45. The first-order valence-electron chi connectivity index (χ1n) is 5.31. The molecule has 3 N–H and O–H groups in total. The van der Waals surface area contributed by atoms with Gasteiger partial charge in [0.1, 0.15) is 0 Å². The summed E-state index contributed by atoms with van der Waals surface area (Å²) in [5.41, 5.74) is 6.28. The maximum Gasteiger partial charge on any atom is 0.310 e. The van der Waals surface area contributed by atoms with Gasteiger partial charge < -0.3 is 10.8 Å². The Bertz CT molecular complexity index is 501. The van der Waals surface area contributed by atoms with Crippen molar-refractivity contribution in [2.45, 2.75) is 6.54 Å². The lowest BCUT2D eigenvalue weighted by atomic mass is 10.2. The van der Waals surface area contributed by atoms with Crippen molar-refractivity contribution in [2.24, 2.45) is 5.73 Å². The van der Waals surface area contributed by atoms with Crippen LogP contribution >= 0.6 is 0 Å². The maximum absolute atomic E-state index is 10.1. The minimum absolute atomic E-state index is 0.262. The molecule has 2 aromatic carbocycles. The average molecular weight is 246 g/mol. The highest BCUT2D eigenvalue weighted by atomic mass is 16.6. The zero-order valence-corrected chi connectivity index (χ0v) is 9.69. The average Bonchev–Trinajstić information content (AvgIpc) is 2.40. The molecular weight excluding hydrogens is 232 g/mol. The van der Waals surface area contributed by atoms with Crippen LogP contribution in [0.3, 0.4) is 0 Å². The summed E-state index contributed by atoms with van der Waals surface area (Å²) >= 11 is 0. The summed E-state index contributed by atoms with van der Waals surface area (Å²) in [6.07, 6.45) is 0. The molecule has 94 valence electrons. The summed E-state index contributed by atoms with van der Waals surface area (Å²) < 4.78 is 0. The number of phenols is 1. The number of hydrogen-bond acceptors (Lipinski definition) is 4. The van der Waals surface area contributed by atoms with E-state index in [-0.39, 0.29) is 11.4 Å². The first kappa shape index (κ1) is 13.7. The molecule has 0 fully saturated rings. The van der Waals surface area contributed by atoms with Gasteiger partial charge in [-0.2, -0.15) is 0 Å². The van der Waals surface area contributed by atoms with Crippen molar-refractivity contribution in [3.63, 3.8) is 0 Å².